The Balaban J connectivity index is 1.74. The Morgan fingerprint density at radius 1 is 1.08 bits per heavy atom. The molecule has 0 radical (unpaired) electrons. The van der Waals surface area contributed by atoms with E-state index in [9.17, 15) is 9.59 Å². The van der Waals surface area contributed by atoms with E-state index in [0.717, 1.165) is 10.6 Å². The van der Waals surface area contributed by atoms with Crippen molar-refractivity contribution in [2.45, 2.75) is 11.8 Å². The summed E-state index contributed by atoms with van der Waals surface area (Å²) < 4.78 is 4.79. The van der Waals surface area contributed by atoms with Gasteiger partial charge in [-0.3, -0.25) is 10.1 Å². The third-order valence-corrected chi connectivity index (χ3v) is 4.40. The van der Waals surface area contributed by atoms with Gasteiger partial charge in [0, 0.05) is 33.5 Å². The lowest BCUT2D eigenvalue weighted by Gasteiger charge is -2.07. The molecule has 2 N–H and O–H groups in total. The van der Waals surface area contributed by atoms with E-state index < -0.39 is 6.09 Å². The molecule has 2 amide bonds. The first kappa shape index (κ1) is 19.1. The topological polar surface area (TPSA) is 67.4 Å². The molecule has 0 atom stereocenters. The number of ether oxygens (including phenoxy) is 1. The molecule has 0 fully saturated rings. The summed E-state index contributed by atoms with van der Waals surface area (Å²) in [6.45, 7) is 2.59. The fourth-order valence-corrected chi connectivity index (χ4v) is 2.85. The maximum atomic E-state index is 12.1. The van der Waals surface area contributed by atoms with Gasteiger partial charge in [-0.15, -0.1) is 11.8 Å². The van der Waals surface area contributed by atoms with Crippen LogP contribution in [-0.2, 0) is 4.74 Å². The quantitative estimate of drug-likeness (QED) is 0.552. The van der Waals surface area contributed by atoms with E-state index in [1.807, 2.05) is 24.3 Å². The maximum Gasteiger partial charge on any atom is 0.411 e. The first-order valence-electron chi connectivity index (χ1n) is 7.79. The summed E-state index contributed by atoms with van der Waals surface area (Å²) in [5, 5.41) is 6.15. The van der Waals surface area contributed by atoms with Gasteiger partial charge in [-0.1, -0.05) is 11.6 Å². The molecule has 2 aromatic rings. The molecule has 0 heterocycles. The van der Waals surface area contributed by atoms with Crippen molar-refractivity contribution >= 4 is 41.1 Å². The second-order valence-corrected chi connectivity index (χ2v) is 6.59. The molecule has 0 aromatic heterocycles. The summed E-state index contributed by atoms with van der Waals surface area (Å²) in [6.07, 6.45) is -0.515. The van der Waals surface area contributed by atoms with Gasteiger partial charge in [0.2, 0.25) is 0 Å². The van der Waals surface area contributed by atoms with Gasteiger partial charge in [0.05, 0.1) is 6.61 Å². The third-order valence-electron chi connectivity index (χ3n) is 3.14. The second-order valence-electron chi connectivity index (χ2n) is 4.98. The summed E-state index contributed by atoms with van der Waals surface area (Å²) >= 11 is 7.49. The molecule has 0 aliphatic carbocycles. The SMILES string of the molecule is CCOC(=O)Nc1ccc(C(=O)NCCSc2ccc(Cl)cc2)cc1. The number of carbonyl (C=O) groups is 2. The molecule has 2 aromatic carbocycles. The number of halogens is 1. The number of benzene rings is 2. The van der Waals surface area contributed by atoms with E-state index in [4.69, 9.17) is 16.3 Å². The Kier molecular flexibility index (Phi) is 7.63. The standard InChI is InChI=1S/C18H19ClN2O3S/c1-2-24-18(23)21-15-7-3-13(4-8-15)17(22)20-11-12-25-16-9-5-14(19)6-10-16/h3-10H,2,11-12H2,1H3,(H,20,22)(H,21,23). The highest BCUT2D eigenvalue weighted by molar-refractivity contribution is 7.99. The van der Waals surface area contributed by atoms with E-state index in [0.29, 0.717) is 29.4 Å². The molecule has 2 rings (SSSR count). The smallest absolute Gasteiger partial charge is 0.411 e. The van der Waals surface area contributed by atoms with Crippen molar-refractivity contribution in [2.24, 2.45) is 0 Å². The van der Waals surface area contributed by atoms with Crippen LogP contribution < -0.4 is 10.6 Å². The van der Waals surface area contributed by atoms with Crippen molar-refractivity contribution in [1.29, 1.82) is 0 Å². The Labute approximate surface area is 156 Å². The minimum Gasteiger partial charge on any atom is -0.450 e. The molecular formula is C18H19ClN2O3S. The molecule has 0 bridgehead atoms. The fraction of sp³-hybridized carbons (Fsp3) is 0.222. The first-order valence-corrected chi connectivity index (χ1v) is 9.15. The van der Waals surface area contributed by atoms with Crippen molar-refractivity contribution in [1.82, 2.24) is 5.32 Å². The molecule has 5 nitrogen and oxygen atoms in total. The third kappa shape index (κ3) is 6.68. The van der Waals surface area contributed by atoms with E-state index in [1.54, 1.807) is 43.0 Å². The first-order chi connectivity index (χ1) is 12.1. The van der Waals surface area contributed by atoms with Crippen LogP contribution in [0.4, 0.5) is 10.5 Å². The minimum atomic E-state index is -0.515. The number of anilines is 1. The Bertz CT molecular complexity index is 705. The van der Waals surface area contributed by atoms with Crippen LogP contribution >= 0.6 is 23.4 Å². The molecule has 0 aliphatic heterocycles. The van der Waals surface area contributed by atoms with Gasteiger partial charge in [-0.2, -0.15) is 0 Å². The lowest BCUT2D eigenvalue weighted by Crippen LogP contribution is -2.25. The highest BCUT2D eigenvalue weighted by Crippen LogP contribution is 2.19. The van der Waals surface area contributed by atoms with Crippen LogP contribution in [0.3, 0.4) is 0 Å². The van der Waals surface area contributed by atoms with Crippen molar-refractivity contribution in [2.75, 3.05) is 24.2 Å². The van der Waals surface area contributed by atoms with E-state index in [2.05, 4.69) is 10.6 Å². The lowest BCUT2D eigenvalue weighted by atomic mass is 10.2. The normalized spacial score (nSPS) is 10.2. The average Bonchev–Trinajstić information content (AvgIpc) is 2.61. The largest absolute Gasteiger partial charge is 0.450 e. The second kappa shape index (κ2) is 9.96. The molecule has 0 saturated carbocycles. The van der Waals surface area contributed by atoms with Crippen LogP contribution in [0.2, 0.25) is 5.02 Å². The zero-order valence-electron chi connectivity index (χ0n) is 13.8. The number of hydrogen-bond acceptors (Lipinski definition) is 4. The number of nitrogens with one attached hydrogen (secondary N) is 2. The zero-order valence-corrected chi connectivity index (χ0v) is 15.3. The molecular weight excluding hydrogens is 360 g/mol. The summed E-state index contributed by atoms with van der Waals surface area (Å²) in [5.41, 5.74) is 1.11. The molecule has 0 saturated heterocycles. The summed E-state index contributed by atoms with van der Waals surface area (Å²) in [7, 11) is 0. The average molecular weight is 379 g/mol. The number of amides is 2. The number of hydrogen-bond donors (Lipinski definition) is 2. The van der Waals surface area contributed by atoms with Gasteiger partial charge in [-0.25, -0.2) is 4.79 Å². The molecule has 0 aliphatic rings. The van der Waals surface area contributed by atoms with Crippen LogP contribution in [0.25, 0.3) is 0 Å². The number of carbonyl (C=O) groups excluding carboxylic acids is 2. The molecule has 0 spiro atoms. The van der Waals surface area contributed by atoms with Gasteiger partial charge in [-0.05, 0) is 55.5 Å². The minimum absolute atomic E-state index is 0.153. The van der Waals surface area contributed by atoms with Crippen molar-refractivity contribution in [3.63, 3.8) is 0 Å². The van der Waals surface area contributed by atoms with Crippen LogP contribution in [-0.4, -0.2) is 30.9 Å². The van der Waals surface area contributed by atoms with E-state index >= 15 is 0 Å². The maximum absolute atomic E-state index is 12.1. The van der Waals surface area contributed by atoms with Crippen molar-refractivity contribution in [3.8, 4) is 0 Å². The molecule has 7 heteroatoms. The molecule has 25 heavy (non-hydrogen) atoms. The summed E-state index contributed by atoms with van der Waals surface area (Å²) in [4.78, 5) is 24.5. The zero-order chi connectivity index (χ0) is 18.1. The predicted octanol–water partition coefficient (Wildman–Crippen LogP) is 4.43. The summed E-state index contributed by atoms with van der Waals surface area (Å²) in [6, 6.07) is 14.2. The van der Waals surface area contributed by atoms with Crippen LogP contribution in [0.15, 0.2) is 53.4 Å². The van der Waals surface area contributed by atoms with Gasteiger partial charge in [0.1, 0.15) is 0 Å². The molecule has 132 valence electrons. The highest BCUT2D eigenvalue weighted by atomic mass is 35.5. The highest BCUT2D eigenvalue weighted by Gasteiger charge is 2.06. The van der Waals surface area contributed by atoms with Gasteiger partial charge in [0.15, 0.2) is 0 Å². The van der Waals surface area contributed by atoms with E-state index in [1.165, 1.54) is 0 Å². The Hall–Kier alpha value is -2.18. The Morgan fingerprint density at radius 2 is 1.76 bits per heavy atom. The van der Waals surface area contributed by atoms with Crippen LogP contribution in [0.5, 0.6) is 0 Å². The van der Waals surface area contributed by atoms with Gasteiger partial charge >= 0.3 is 6.09 Å². The number of rotatable bonds is 7. The van der Waals surface area contributed by atoms with Crippen molar-refractivity contribution in [3.05, 3.63) is 59.1 Å². The Morgan fingerprint density at radius 3 is 2.40 bits per heavy atom. The van der Waals surface area contributed by atoms with Crippen molar-refractivity contribution < 1.29 is 14.3 Å². The lowest BCUT2D eigenvalue weighted by molar-refractivity contribution is 0.0956. The molecule has 0 unspecified atom stereocenters. The predicted molar refractivity (Wildman–Crippen MR) is 102 cm³/mol. The van der Waals surface area contributed by atoms with Gasteiger partial charge < -0.3 is 10.1 Å². The van der Waals surface area contributed by atoms with E-state index in [-0.39, 0.29) is 5.91 Å². The fourth-order valence-electron chi connectivity index (χ4n) is 1.96. The monoisotopic (exact) mass is 378 g/mol. The van der Waals surface area contributed by atoms with Gasteiger partial charge in [0.25, 0.3) is 5.91 Å². The summed E-state index contributed by atoms with van der Waals surface area (Å²) in [5.74, 6) is 0.606. The van der Waals surface area contributed by atoms with Crippen LogP contribution in [0.1, 0.15) is 17.3 Å². The number of thioether (sulfide) groups is 1. The van der Waals surface area contributed by atoms with Crippen LogP contribution in [0, 0.1) is 0 Å².